The van der Waals surface area contributed by atoms with E-state index in [0.29, 0.717) is 48.0 Å². The number of nitrogens with one attached hydrogen (secondary N) is 1. The summed E-state index contributed by atoms with van der Waals surface area (Å²) in [6.07, 6.45) is 1.98. The Kier molecular flexibility index (Phi) is 7.73. The Morgan fingerprint density at radius 1 is 1.11 bits per heavy atom. The highest BCUT2D eigenvalue weighted by molar-refractivity contribution is 7.13. The minimum absolute atomic E-state index is 0.0599. The van der Waals surface area contributed by atoms with Gasteiger partial charge in [0.05, 0.1) is 24.1 Å². The molecule has 194 valence electrons. The fraction of sp³-hybridized carbons (Fsp3) is 0.542. The zero-order chi connectivity index (χ0) is 25.0. The summed E-state index contributed by atoms with van der Waals surface area (Å²) in [6.45, 7) is 4.78. The third-order valence-electron chi connectivity index (χ3n) is 6.28. The van der Waals surface area contributed by atoms with Crippen molar-refractivity contribution < 1.29 is 27.4 Å². The number of alkyl halides is 3. The molecule has 0 spiro atoms. The summed E-state index contributed by atoms with van der Waals surface area (Å²) < 4.78 is 57.0. The molecular weight excluding hydrogens is 495 g/mol. The van der Waals surface area contributed by atoms with Gasteiger partial charge >= 0.3 is 6.18 Å². The third kappa shape index (κ3) is 6.16. The Labute approximate surface area is 210 Å². The molecule has 2 aliphatic rings. The van der Waals surface area contributed by atoms with Gasteiger partial charge in [0, 0.05) is 36.9 Å². The standard InChI is InChI=1S/C24H28F3N5O3S/c25-24(26,27)20-14-36-23(30-20)31-22-21-18(28-15-29-22)12-17(34-11-8-32-6-2-1-3-7-32)13-19(21)35-16-4-9-33-10-5-16/h12-16H,1-11H2,(H,28,29,30,31). The molecule has 2 fully saturated rings. The number of benzene rings is 1. The number of likely N-dealkylation sites (tertiary alicyclic amines) is 1. The SMILES string of the molecule is FC(F)(F)c1csc(Nc2ncnc3cc(OCCN4CCCCC4)cc(OC4CCOCC4)c23)n1. The van der Waals surface area contributed by atoms with Gasteiger partial charge in [-0.2, -0.15) is 13.2 Å². The largest absolute Gasteiger partial charge is 0.492 e. The maximum atomic E-state index is 13.0. The van der Waals surface area contributed by atoms with Crippen molar-refractivity contribution in [2.45, 2.75) is 44.4 Å². The molecule has 1 N–H and O–H groups in total. The molecule has 0 aliphatic carbocycles. The fourth-order valence-corrected chi connectivity index (χ4v) is 5.13. The van der Waals surface area contributed by atoms with Gasteiger partial charge in [0.25, 0.3) is 0 Å². The van der Waals surface area contributed by atoms with Crippen molar-refractivity contribution in [1.29, 1.82) is 0 Å². The predicted octanol–water partition coefficient (Wildman–Crippen LogP) is 5.27. The van der Waals surface area contributed by atoms with Crippen LogP contribution in [0.4, 0.5) is 24.1 Å². The highest BCUT2D eigenvalue weighted by Crippen LogP contribution is 2.38. The minimum atomic E-state index is -4.51. The molecule has 0 atom stereocenters. The molecule has 0 bridgehead atoms. The van der Waals surface area contributed by atoms with E-state index in [1.165, 1.54) is 25.6 Å². The molecule has 2 saturated heterocycles. The van der Waals surface area contributed by atoms with E-state index in [-0.39, 0.29) is 11.2 Å². The van der Waals surface area contributed by atoms with Crippen LogP contribution in [0.1, 0.15) is 37.8 Å². The lowest BCUT2D eigenvalue weighted by atomic mass is 10.1. The second-order valence-corrected chi connectivity index (χ2v) is 9.74. The van der Waals surface area contributed by atoms with Crippen LogP contribution in [0.2, 0.25) is 0 Å². The summed E-state index contributed by atoms with van der Waals surface area (Å²) in [5.74, 6) is 1.47. The van der Waals surface area contributed by atoms with Gasteiger partial charge in [-0.05, 0) is 25.9 Å². The normalized spacial score (nSPS) is 17.9. The lowest BCUT2D eigenvalue weighted by Crippen LogP contribution is -2.33. The molecule has 8 nitrogen and oxygen atoms in total. The fourth-order valence-electron chi connectivity index (χ4n) is 4.41. The summed E-state index contributed by atoms with van der Waals surface area (Å²) in [5.41, 5.74) is -0.380. The number of thiazole rings is 1. The number of rotatable bonds is 8. The number of hydrogen-bond donors (Lipinski definition) is 1. The van der Waals surface area contributed by atoms with Crippen LogP contribution in [-0.2, 0) is 10.9 Å². The molecule has 0 amide bonds. The molecule has 2 aromatic heterocycles. The molecule has 12 heteroatoms. The van der Waals surface area contributed by atoms with E-state index in [4.69, 9.17) is 14.2 Å². The van der Waals surface area contributed by atoms with Gasteiger partial charge in [-0.25, -0.2) is 15.0 Å². The van der Waals surface area contributed by atoms with Gasteiger partial charge in [-0.1, -0.05) is 6.42 Å². The molecule has 0 unspecified atom stereocenters. The van der Waals surface area contributed by atoms with E-state index < -0.39 is 11.9 Å². The molecule has 3 aromatic rings. The van der Waals surface area contributed by atoms with Crippen LogP contribution in [0.3, 0.4) is 0 Å². The average Bonchev–Trinajstić information content (AvgIpc) is 3.35. The summed E-state index contributed by atoms with van der Waals surface area (Å²) in [7, 11) is 0. The predicted molar refractivity (Wildman–Crippen MR) is 130 cm³/mol. The van der Waals surface area contributed by atoms with Gasteiger partial charge in [0.15, 0.2) is 10.8 Å². The molecule has 2 aliphatic heterocycles. The average molecular weight is 524 g/mol. The minimum Gasteiger partial charge on any atom is -0.492 e. The van der Waals surface area contributed by atoms with Crippen molar-refractivity contribution in [3.63, 3.8) is 0 Å². The van der Waals surface area contributed by atoms with Crippen molar-refractivity contribution in [3.05, 3.63) is 29.5 Å². The Morgan fingerprint density at radius 3 is 2.67 bits per heavy atom. The molecule has 0 saturated carbocycles. The van der Waals surface area contributed by atoms with Crippen molar-refractivity contribution in [2.75, 3.05) is 44.8 Å². The molecule has 0 radical (unpaired) electrons. The number of nitrogens with zero attached hydrogens (tertiary/aromatic N) is 4. The maximum absolute atomic E-state index is 13.0. The molecule has 36 heavy (non-hydrogen) atoms. The first-order valence-corrected chi connectivity index (χ1v) is 13.0. The number of halogens is 3. The summed E-state index contributed by atoms with van der Waals surface area (Å²) >= 11 is 0.860. The van der Waals surface area contributed by atoms with E-state index in [9.17, 15) is 13.2 Å². The Hall–Kier alpha value is -2.70. The quantitative estimate of drug-likeness (QED) is 0.428. The first kappa shape index (κ1) is 25.0. The zero-order valence-electron chi connectivity index (χ0n) is 19.7. The second kappa shape index (κ2) is 11.1. The van der Waals surface area contributed by atoms with Gasteiger partial charge in [-0.3, -0.25) is 4.90 Å². The molecule has 4 heterocycles. The second-order valence-electron chi connectivity index (χ2n) is 8.88. The van der Waals surface area contributed by atoms with Gasteiger partial charge < -0.3 is 19.5 Å². The van der Waals surface area contributed by atoms with E-state index in [1.54, 1.807) is 6.07 Å². The van der Waals surface area contributed by atoms with E-state index >= 15 is 0 Å². The van der Waals surface area contributed by atoms with Gasteiger partial charge in [0.1, 0.15) is 36.4 Å². The Bertz CT molecular complexity index is 1160. The number of ether oxygens (including phenoxy) is 3. The van der Waals surface area contributed by atoms with Crippen LogP contribution in [0.5, 0.6) is 11.5 Å². The lowest BCUT2D eigenvalue weighted by molar-refractivity contribution is -0.140. The van der Waals surface area contributed by atoms with Crippen molar-refractivity contribution >= 4 is 33.2 Å². The van der Waals surface area contributed by atoms with E-state index in [2.05, 4.69) is 25.2 Å². The summed E-state index contributed by atoms with van der Waals surface area (Å²) in [5, 5.41) is 4.55. The van der Waals surface area contributed by atoms with Crippen LogP contribution in [0.15, 0.2) is 23.8 Å². The number of aromatic nitrogens is 3. The first-order valence-electron chi connectivity index (χ1n) is 12.1. The third-order valence-corrected chi connectivity index (χ3v) is 7.04. The van der Waals surface area contributed by atoms with Gasteiger partial charge in [-0.15, -0.1) is 11.3 Å². The zero-order valence-corrected chi connectivity index (χ0v) is 20.5. The number of fused-ring (bicyclic) bond motifs is 1. The van der Waals surface area contributed by atoms with Crippen LogP contribution < -0.4 is 14.8 Å². The lowest BCUT2D eigenvalue weighted by Gasteiger charge is -2.26. The molecule has 1 aromatic carbocycles. The molecule has 5 rings (SSSR count). The summed E-state index contributed by atoms with van der Waals surface area (Å²) in [6, 6.07) is 3.61. The topological polar surface area (TPSA) is 81.6 Å². The van der Waals surface area contributed by atoms with E-state index in [1.807, 2.05) is 6.07 Å². The smallest absolute Gasteiger partial charge is 0.434 e. The monoisotopic (exact) mass is 523 g/mol. The Morgan fingerprint density at radius 2 is 1.92 bits per heavy atom. The van der Waals surface area contributed by atoms with Gasteiger partial charge in [0.2, 0.25) is 0 Å². The van der Waals surface area contributed by atoms with Crippen LogP contribution in [-0.4, -0.2) is 65.4 Å². The van der Waals surface area contributed by atoms with Crippen LogP contribution in [0, 0.1) is 0 Å². The number of anilines is 2. The first-order chi connectivity index (χ1) is 17.5. The molecular formula is C24H28F3N5O3S. The van der Waals surface area contributed by atoms with Crippen molar-refractivity contribution in [1.82, 2.24) is 19.9 Å². The van der Waals surface area contributed by atoms with Crippen molar-refractivity contribution in [3.8, 4) is 11.5 Å². The van der Waals surface area contributed by atoms with Crippen LogP contribution >= 0.6 is 11.3 Å². The van der Waals surface area contributed by atoms with Crippen LogP contribution in [0.25, 0.3) is 10.9 Å². The summed E-state index contributed by atoms with van der Waals surface area (Å²) in [4.78, 5) is 14.8. The number of piperidine rings is 1. The van der Waals surface area contributed by atoms with Crippen molar-refractivity contribution in [2.24, 2.45) is 0 Å². The van der Waals surface area contributed by atoms with E-state index in [0.717, 1.165) is 49.2 Å². The highest BCUT2D eigenvalue weighted by Gasteiger charge is 2.34. The number of hydrogen-bond acceptors (Lipinski definition) is 9. The highest BCUT2D eigenvalue weighted by atomic mass is 32.1. The maximum Gasteiger partial charge on any atom is 0.434 e. The Balaban J connectivity index is 1.41.